The van der Waals surface area contributed by atoms with Crippen molar-refractivity contribution in [2.75, 3.05) is 33.9 Å². The number of nitrogens with zero attached hydrogens (tertiary/aromatic N) is 1. The molecule has 0 saturated carbocycles. The van der Waals surface area contributed by atoms with Crippen molar-refractivity contribution in [1.82, 2.24) is 4.90 Å². The summed E-state index contributed by atoms with van der Waals surface area (Å²) in [4.78, 5) is 23.1. The Morgan fingerprint density at radius 2 is 1.80 bits per heavy atom. The summed E-state index contributed by atoms with van der Waals surface area (Å²) in [5.41, 5.74) is 0.448. The van der Waals surface area contributed by atoms with Crippen molar-refractivity contribution < 1.29 is 19.1 Å². The number of rotatable bonds is 8. The zero-order chi connectivity index (χ0) is 16.0. The molecule has 0 spiro atoms. The van der Waals surface area contributed by atoms with Crippen LogP contribution in [-0.4, -0.2) is 50.7 Å². The Morgan fingerprint density at radius 3 is 2.20 bits per heavy atom. The highest BCUT2D eigenvalue weighted by atomic mass is 16.5. The SMILES string of the molecule is C=C(C)C(=O)OCCN(C)C.C=CC(=O)OCCCC. The number of esters is 2. The molecule has 0 heterocycles. The summed E-state index contributed by atoms with van der Waals surface area (Å²) in [7, 11) is 3.85. The molecule has 116 valence electrons. The molecule has 0 aliphatic carbocycles. The summed E-state index contributed by atoms with van der Waals surface area (Å²) in [6.07, 6.45) is 3.15. The van der Waals surface area contributed by atoms with Crippen LogP contribution in [0.1, 0.15) is 26.7 Å². The third-order valence-electron chi connectivity index (χ3n) is 2.03. The molecule has 0 aliphatic rings. The average molecular weight is 285 g/mol. The Hall–Kier alpha value is -1.62. The Kier molecular flexibility index (Phi) is 14.3. The molecule has 5 heteroatoms. The van der Waals surface area contributed by atoms with Gasteiger partial charge in [-0.1, -0.05) is 26.5 Å². The third-order valence-corrected chi connectivity index (χ3v) is 2.03. The van der Waals surface area contributed by atoms with E-state index in [1.165, 1.54) is 6.08 Å². The standard InChI is InChI=1S/C8H15NO2.C7H12O2/c1-7(2)8(10)11-6-5-9(3)4;1-3-5-6-9-7(8)4-2/h1,5-6H2,2-4H3;4H,2-3,5-6H2,1H3. The van der Waals surface area contributed by atoms with E-state index in [1.54, 1.807) is 6.92 Å². The van der Waals surface area contributed by atoms with Gasteiger partial charge in [-0.3, -0.25) is 0 Å². The van der Waals surface area contributed by atoms with Crippen LogP contribution in [0.3, 0.4) is 0 Å². The maximum atomic E-state index is 10.8. The molecule has 0 atom stereocenters. The zero-order valence-electron chi connectivity index (χ0n) is 13.1. The number of unbranched alkanes of at least 4 members (excludes halogenated alkanes) is 1. The number of likely N-dealkylation sites (N-methyl/N-ethyl adjacent to an activating group) is 1. The van der Waals surface area contributed by atoms with E-state index in [9.17, 15) is 9.59 Å². The molecular weight excluding hydrogens is 258 g/mol. The van der Waals surface area contributed by atoms with Crippen LogP contribution in [-0.2, 0) is 19.1 Å². The highest BCUT2D eigenvalue weighted by Crippen LogP contribution is 1.91. The largest absolute Gasteiger partial charge is 0.463 e. The molecule has 0 radical (unpaired) electrons. The van der Waals surface area contributed by atoms with Crippen LogP contribution in [0.2, 0.25) is 0 Å². The Bertz CT molecular complexity index is 311. The van der Waals surface area contributed by atoms with Crippen LogP contribution in [0.15, 0.2) is 24.8 Å². The molecule has 0 unspecified atom stereocenters. The zero-order valence-corrected chi connectivity index (χ0v) is 13.1. The fourth-order valence-electron chi connectivity index (χ4n) is 0.820. The average Bonchev–Trinajstić information content (AvgIpc) is 2.38. The lowest BCUT2D eigenvalue weighted by Gasteiger charge is -2.09. The van der Waals surface area contributed by atoms with Gasteiger partial charge in [0.05, 0.1) is 6.61 Å². The van der Waals surface area contributed by atoms with E-state index in [4.69, 9.17) is 4.74 Å². The van der Waals surface area contributed by atoms with Crippen molar-refractivity contribution in [3.05, 3.63) is 24.8 Å². The van der Waals surface area contributed by atoms with Gasteiger partial charge in [0.25, 0.3) is 0 Å². The molecule has 0 aliphatic heterocycles. The van der Waals surface area contributed by atoms with Gasteiger partial charge in [-0.15, -0.1) is 0 Å². The Morgan fingerprint density at radius 1 is 1.20 bits per heavy atom. The molecule has 0 aromatic heterocycles. The van der Waals surface area contributed by atoms with Gasteiger partial charge in [0, 0.05) is 18.2 Å². The highest BCUT2D eigenvalue weighted by molar-refractivity contribution is 5.86. The maximum Gasteiger partial charge on any atom is 0.333 e. The number of hydrogen-bond acceptors (Lipinski definition) is 5. The normalized spacial score (nSPS) is 9.25. The van der Waals surface area contributed by atoms with Crippen molar-refractivity contribution in [3.8, 4) is 0 Å². The lowest BCUT2D eigenvalue weighted by Crippen LogP contribution is -2.20. The lowest BCUT2D eigenvalue weighted by molar-refractivity contribution is -0.139. The van der Waals surface area contributed by atoms with E-state index >= 15 is 0 Å². The fraction of sp³-hybridized carbons (Fsp3) is 0.600. The van der Waals surface area contributed by atoms with Gasteiger partial charge in [0.1, 0.15) is 6.61 Å². The van der Waals surface area contributed by atoms with Crippen molar-refractivity contribution in [2.45, 2.75) is 26.7 Å². The molecular formula is C15H27NO4. The van der Waals surface area contributed by atoms with Crippen LogP contribution in [0.25, 0.3) is 0 Å². The van der Waals surface area contributed by atoms with Crippen LogP contribution in [0.4, 0.5) is 0 Å². The van der Waals surface area contributed by atoms with E-state index in [1.807, 2.05) is 25.9 Å². The fourth-order valence-corrected chi connectivity index (χ4v) is 0.820. The van der Waals surface area contributed by atoms with Crippen molar-refractivity contribution in [3.63, 3.8) is 0 Å². The Labute approximate surface area is 122 Å². The molecule has 0 amide bonds. The van der Waals surface area contributed by atoms with Gasteiger partial charge in [-0.05, 0) is 27.4 Å². The van der Waals surface area contributed by atoms with Gasteiger partial charge >= 0.3 is 11.9 Å². The van der Waals surface area contributed by atoms with Crippen molar-refractivity contribution in [2.24, 2.45) is 0 Å². The third kappa shape index (κ3) is 16.4. The van der Waals surface area contributed by atoms with Gasteiger partial charge in [-0.25, -0.2) is 9.59 Å². The summed E-state index contributed by atoms with van der Waals surface area (Å²) >= 11 is 0. The molecule has 0 N–H and O–H groups in total. The summed E-state index contributed by atoms with van der Waals surface area (Å²) in [5.74, 6) is -0.643. The van der Waals surface area contributed by atoms with E-state index in [0.29, 0.717) is 18.8 Å². The molecule has 0 rings (SSSR count). The van der Waals surface area contributed by atoms with Crippen LogP contribution in [0.5, 0.6) is 0 Å². The van der Waals surface area contributed by atoms with E-state index in [2.05, 4.69) is 17.9 Å². The van der Waals surface area contributed by atoms with Crippen molar-refractivity contribution in [1.29, 1.82) is 0 Å². The minimum atomic E-state index is -0.330. The monoisotopic (exact) mass is 285 g/mol. The second kappa shape index (κ2) is 13.8. The second-order valence-electron chi connectivity index (χ2n) is 4.44. The van der Waals surface area contributed by atoms with Crippen LogP contribution >= 0.6 is 0 Å². The first kappa shape index (κ1) is 20.7. The highest BCUT2D eigenvalue weighted by Gasteiger charge is 2.01. The first-order valence-electron chi connectivity index (χ1n) is 6.61. The van der Waals surface area contributed by atoms with Crippen LogP contribution < -0.4 is 0 Å². The second-order valence-corrected chi connectivity index (χ2v) is 4.44. The maximum absolute atomic E-state index is 10.8. The van der Waals surface area contributed by atoms with Gasteiger partial charge in [0.15, 0.2) is 0 Å². The topological polar surface area (TPSA) is 55.8 Å². The number of hydrogen-bond donors (Lipinski definition) is 0. The summed E-state index contributed by atoms with van der Waals surface area (Å²) < 4.78 is 9.51. The van der Waals surface area contributed by atoms with E-state index in [-0.39, 0.29) is 11.9 Å². The quantitative estimate of drug-likeness (QED) is 0.389. The molecule has 0 aromatic rings. The smallest absolute Gasteiger partial charge is 0.333 e. The molecule has 0 bridgehead atoms. The minimum Gasteiger partial charge on any atom is -0.463 e. The van der Waals surface area contributed by atoms with Gasteiger partial charge < -0.3 is 14.4 Å². The summed E-state index contributed by atoms with van der Waals surface area (Å²) in [6, 6.07) is 0. The molecule has 0 aromatic carbocycles. The predicted molar refractivity (Wildman–Crippen MR) is 80.4 cm³/mol. The molecule has 20 heavy (non-hydrogen) atoms. The van der Waals surface area contributed by atoms with Gasteiger partial charge in [0.2, 0.25) is 0 Å². The predicted octanol–water partition coefficient (Wildman–Crippen LogP) is 2.18. The van der Waals surface area contributed by atoms with Crippen LogP contribution in [0, 0.1) is 0 Å². The molecule has 0 saturated heterocycles. The minimum absolute atomic E-state index is 0.313. The number of carbonyl (C=O) groups excluding carboxylic acids is 2. The number of carbonyl (C=O) groups is 2. The van der Waals surface area contributed by atoms with E-state index in [0.717, 1.165) is 19.4 Å². The van der Waals surface area contributed by atoms with Crippen molar-refractivity contribution >= 4 is 11.9 Å². The van der Waals surface area contributed by atoms with Gasteiger partial charge in [-0.2, -0.15) is 0 Å². The molecule has 0 fully saturated rings. The number of ether oxygens (including phenoxy) is 2. The Balaban J connectivity index is 0. The van der Waals surface area contributed by atoms with E-state index < -0.39 is 0 Å². The first-order valence-corrected chi connectivity index (χ1v) is 6.61. The first-order chi connectivity index (χ1) is 9.34. The lowest BCUT2D eigenvalue weighted by atomic mass is 10.4. The summed E-state index contributed by atoms with van der Waals surface area (Å²) in [5, 5.41) is 0. The summed E-state index contributed by atoms with van der Waals surface area (Å²) in [6.45, 7) is 12.1. The molecule has 5 nitrogen and oxygen atoms in total.